The maximum Gasteiger partial charge on any atom is 0.205 e. The van der Waals surface area contributed by atoms with Crippen LogP contribution in [0.3, 0.4) is 0 Å². The van der Waals surface area contributed by atoms with E-state index in [1.54, 1.807) is 11.8 Å². The Morgan fingerprint density at radius 1 is 1.15 bits per heavy atom. The van der Waals surface area contributed by atoms with Gasteiger partial charge in [-0.15, -0.1) is 11.8 Å². The van der Waals surface area contributed by atoms with E-state index in [2.05, 4.69) is 49.9 Å². The Kier molecular flexibility index (Phi) is 5.36. The molecule has 1 unspecified atom stereocenters. The minimum Gasteiger partial charge on any atom is -0.359 e. The molecule has 0 saturated carbocycles. The monoisotopic (exact) mass is 385 g/mol. The van der Waals surface area contributed by atoms with Crippen LogP contribution < -0.4 is 5.32 Å². The number of guanidine groups is 1. The molecule has 4 heterocycles. The standard InChI is InChI=1S/C19H27N7S/c1-14-15-6-4-9-24(2)17(15)23-19(22-14)26-12-10-25(11-13-26)18(27-3)16-20-7-5-8-21-16/h5,7-8,18H,1,4,6,9-13H2,2-3H3,(H,22,23). The number of piperazine rings is 1. The van der Waals surface area contributed by atoms with Crippen molar-refractivity contribution in [3.05, 3.63) is 48.0 Å². The van der Waals surface area contributed by atoms with E-state index in [4.69, 9.17) is 4.99 Å². The number of rotatable bonds is 3. The second-order valence-electron chi connectivity index (χ2n) is 7.08. The van der Waals surface area contributed by atoms with Crippen LogP contribution in [0.5, 0.6) is 0 Å². The highest BCUT2D eigenvalue weighted by Crippen LogP contribution is 2.31. The van der Waals surface area contributed by atoms with Crippen molar-refractivity contribution in [2.24, 2.45) is 4.99 Å². The Labute approximate surface area is 165 Å². The summed E-state index contributed by atoms with van der Waals surface area (Å²) in [6.45, 7) is 9.07. The van der Waals surface area contributed by atoms with E-state index in [0.717, 1.165) is 68.9 Å². The van der Waals surface area contributed by atoms with Gasteiger partial charge in [0.2, 0.25) is 5.96 Å². The van der Waals surface area contributed by atoms with Gasteiger partial charge in [0.25, 0.3) is 0 Å². The normalized spacial score (nSPS) is 22.3. The van der Waals surface area contributed by atoms with Crippen molar-refractivity contribution in [3.63, 3.8) is 0 Å². The van der Waals surface area contributed by atoms with E-state index in [1.165, 1.54) is 5.57 Å². The summed E-state index contributed by atoms with van der Waals surface area (Å²) in [6.07, 6.45) is 7.98. The topological polar surface area (TPSA) is 59.9 Å². The van der Waals surface area contributed by atoms with Crippen molar-refractivity contribution >= 4 is 17.7 Å². The quantitative estimate of drug-likeness (QED) is 0.852. The number of aromatic nitrogens is 2. The number of aliphatic imine (C=N–C) groups is 1. The molecular weight excluding hydrogens is 358 g/mol. The van der Waals surface area contributed by atoms with Crippen molar-refractivity contribution in [1.82, 2.24) is 30.0 Å². The fourth-order valence-corrected chi connectivity index (χ4v) is 4.73. The van der Waals surface area contributed by atoms with Gasteiger partial charge in [-0.05, 0) is 25.2 Å². The van der Waals surface area contributed by atoms with Crippen LogP contribution in [-0.4, -0.2) is 76.7 Å². The van der Waals surface area contributed by atoms with E-state index < -0.39 is 0 Å². The lowest BCUT2D eigenvalue weighted by Gasteiger charge is -2.41. The SMILES string of the molecule is C=C1NC(N2CCN(C(SC)c3ncccn3)CC2)=NC2=C1CCCN2C. The first-order chi connectivity index (χ1) is 13.2. The predicted molar refractivity (Wildman–Crippen MR) is 110 cm³/mol. The summed E-state index contributed by atoms with van der Waals surface area (Å²) in [6, 6.07) is 1.86. The van der Waals surface area contributed by atoms with Crippen LogP contribution in [0.25, 0.3) is 0 Å². The first-order valence-corrected chi connectivity index (χ1v) is 10.7. The van der Waals surface area contributed by atoms with Gasteiger partial charge in [0, 0.05) is 63.4 Å². The number of thioether (sulfide) groups is 1. The molecule has 0 amide bonds. The summed E-state index contributed by atoms with van der Waals surface area (Å²) in [5.41, 5.74) is 2.26. The highest BCUT2D eigenvalue weighted by Gasteiger charge is 2.30. The second kappa shape index (κ2) is 7.90. The summed E-state index contributed by atoms with van der Waals surface area (Å²) in [4.78, 5) is 20.9. The first-order valence-electron chi connectivity index (χ1n) is 9.45. The molecule has 0 spiro atoms. The molecule has 7 nitrogen and oxygen atoms in total. The van der Waals surface area contributed by atoms with E-state index in [1.807, 2.05) is 18.5 Å². The average Bonchev–Trinajstić information content (AvgIpc) is 2.71. The second-order valence-corrected chi connectivity index (χ2v) is 8.00. The minimum absolute atomic E-state index is 0.198. The lowest BCUT2D eigenvalue weighted by Crippen LogP contribution is -2.53. The van der Waals surface area contributed by atoms with Crippen molar-refractivity contribution in [2.45, 2.75) is 18.2 Å². The van der Waals surface area contributed by atoms with Gasteiger partial charge in [-0.3, -0.25) is 4.90 Å². The third-order valence-electron chi connectivity index (χ3n) is 5.37. The van der Waals surface area contributed by atoms with Gasteiger partial charge in [0.15, 0.2) is 5.82 Å². The van der Waals surface area contributed by atoms with Crippen molar-refractivity contribution in [2.75, 3.05) is 46.0 Å². The Morgan fingerprint density at radius 2 is 1.89 bits per heavy atom. The molecule has 1 N–H and O–H groups in total. The van der Waals surface area contributed by atoms with Crippen molar-refractivity contribution in [3.8, 4) is 0 Å². The van der Waals surface area contributed by atoms with E-state index in [-0.39, 0.29) is 5.37 Å². The molecule has 4 rings (SSSR count). The highest BCUT2D eigenvalue weighted by molar-refractivity contribution is 7.98. The maximum absolute atomic E-state index is 4.93. The van der Waals surface area contributed by atoms with Gasteiger partial charge in [0.05, 0.1) is 0 Å². The van der Waals surface area contributed by atoms with E-state index >= 15 is 0 Å². The Hall–Kier alpha value is -2.06. The van der Waals surface area contributed by atoms with Gasteiger partial charge in [-0.25, -0.2) is 9.97 Å². The molecule has 1 aromatic heterocycles. The predicted octanol–water partition coefficient (Wildman–Crippen LogP) is 1.87. The number of nitrogens with one attached hydrogen (secondary N) is 1. The largest absolute Gasteiger partial charge is 0.359 e. The Balaban J connectivity index is 1.45. The van der Waals surface area contributed by atoms with Gasteiger partial charge < -0.3 is 15.1 Å². The van der Waals surface area contributed by atoms with Crippen LogP contribution in [0.15, 0.2) is 47.1 Å². The fraction of sp³-hybridized carbons (Fsp3) is 0.526. The summed E-state index contributed by atoms with van der Waals surface area (Å²) < 4.78 is 0. The molecule has 0 aromatic carbocycles. The van der Waals surface area contributed by atoms with Crippen LogP contribution in [0.4, 0.5) is 0 Å². The third-order valence-corrected chi connectivity index (χ3v) is 6.32. The first kappa shape index (κ1) is 18.3. The molecule has 144 valence electrons. The third kappa shape index (κ3) is 3.68. The average molecular weight is 386 g/mol. The minimum atomic E-state index is 0.198. The van der Waals surface area contributed by atoms with Gasteiger partial charge >= 0.3 is 0 Å². The molecule has 1 aromatic rings. The number of hydrogen-bond acceptors (Lipinski definition) is 8. The van der Waals surface area contributed by atoms with Crippen LogP contribution in [-0.2, 0) is 0 Å². The number of hydrogen-bond donors (Lipinski definition) is 1. The smallest absolute Gasteiger partial charge is 0.205 e. The molecule has 0 bridgehead atoms. The zero-order valence-electron chi connectivity index (χ0n) is 16.1. The lowest BCUT2D eigenvalue weighted by atomic mass is 10.0. The van der Waals surface area contributed by atoms with Crippen LogP contribution in [0.1, 0.15) is 24.0 Å². The molecule has 3 aliphatic rings. The van der Waals surface area contributed by atoms with Crippen LogP contribution in [0, 0.1) is 0 Å². The molecule has 1 saturated heterocycles. The summed E-state index contributed by atoms with van der Waals surface area (Å²) in [5, 5.41) is 3.64. The highest BCUT2D eigenvalue weighted by atomic mass is 32.2. The number of nitrogens with zero attached hydrogens (tertiary/aromatic N) is 6. The molecule has 3 aliphatic heterocycles. The summed E-state index contributed by atoms with van der Waals surface area (Å²) >= 11 is 1.79. The zero-order chi connectivity index (χ0) is 18.8. The lowest BCUT2D eigenvalue weighted by molar-refractivity contribution is 0.165. The summed E-state index contributed by atoms with van der Waals surface area (Å²) in [7, 11) is 2.12. The van der Waals surface area contributed by atoms with E-state index in [9.17, 15) is 0 Å². The Morgan fingerprint density at radius 3 is 2.59 bits per heavy atom. The Bertz CT molecular complexity index is 753. The zero-order valence-corrected chi connectivity index (χ0v) is 16.9. The molecule has 27 heavy (non-hydrogen) atoms. The maximum atomic E-state index is 4.93. The molecule has 8 heteroatoms. The molecule has 0 radical (unpaired) electrons. The summed E-state index contributed by atoms with van der Waals surface area (Å²) in [5.74, 6) is 2.91. The van der Waals surface area contributed by atoms with Gasteiger partial charge in [-0.1, -0.05) is 6.58 Å². The fourth-order valence-electron chi connectivity index (χ4n) is 3.89. The van der Waals surface area contributed by atoms with Gasteiger partial charge in [0.1, 0.15) is 11.2 Å². The molecule has 0 aliphatic carbocycles. The number of allylic oxidation sites excluding steroid dienone is 1. The van der Waals surface area contributed by atoms with Crippen LogP contribution >= 0.6 is 11.8 Å². The van der Waals surface area contributed by atoms with Gasteiger partial charge in [-0.2, -0.15) is 4.99 Å². The van der Waals surface area contributed by atoms with Crippen molar-refractivity contribution in [1.29, 1.82) is 0 Å². The van der Waals surface area contributed by atoms with Crippen LogP contribution in [0.2, 0.25) is 0 Å². The molecule has 1 atom stereocenters. The van der Waals surface area contributed by atoms with E-state index in [0.29, 0.717) is 0 Å². The molecular formula is C19H27N7S. The van der Waals surface area contributed by atoms with Crippen molar-refractivity contribution < 1.29 is 0 Å². The molecule has 1 fully saturated rings.